The first-order valence-corrected chi connectivity index (χ1v) is 7.28. The molecule has 118 valence electrons. The number of nitrogens with two attached hydrogens (primary N) is 1. The van der Waals surface area contributed by atoms with Crippen molar-refractivity contribution in [2.24, 2.45) is 0 Å². The van der Waals surface area contributed by atoms with Crippen molar-refractivity contribution in [3.63, 3.8) is 0 Å². The van der Waals surface area contributed by atoms with Crippen molar-refractivity contribution in [2.45, 2.75) is 6.92 Å². The highest BCUT2D eigenvalue weighted by Crippen LogP contribution is 2.38. The maximum absolute atomic E-state index is 12.0. The Morgan fingerprint density at radius 1 is 1.38 bits per heavy atom. The van der Waals surface area contributed by atoms with Crippen LogP contribution < -0.4 is 16.0 Å². The van der Waals surface area contributed by atoms with E-state index in [0.717, 1.165) is 0 Å². The molecule has 0 unspecified atom stereocenters. The summed E-state index contributed by atoms with van der Waals surface area (Å²) in [7, 11) is 4.68. The van der Waals surface area contributed by atoms with Crippen LogP contribution in [-0.4, -0.2) is 52.8 Å². The number of carbonyl (C=O) groups excluding carboxylic acids is 2. The molecular weight excluding hydrogens is 294 g/mol. The van der Waals surface area contributed by atoms with E-state index in [1.807, 2.05) is 11.8 Å². The molecular formula is C13H21N3O4S. The molecule has 1 heterocycles. The third kappa shape index (κ3) is 3.85. The van der Waals surface area contributed by atoms with Gasteiger partial charge in [-0.3, -0.25) is 4.79 Å². The topological polar surface area (TPSA) is 93.9 Å². The summed E-state index contributed by atoms with van der Waals surface area (Å²) in [6, 6.07) is 0. The Bertz CT molecular complexity index is 516. The molecule has 0 bridgehead atoms. The predicted octanol–water partition coefficient (Wildman–Crippen LogP) is 0.949. The molecule has 1 amide bonds. The van der Waals surface area contributed by atoms with Gasteiger partial charge in [0.1, 0.15) is 15.4 Å². The van der Waals surface area contributed by atoms with Gasteiger partial charge in [-0.25, -0.2) is 4.79 Å². The first-order chi connectivity index (χ1) is 9.97. The van der Waals surface area contributed by atoms with Gasteiger partial charge in [-0.05, 0) is 6.92 Å². The Kier molecular flexibility index (Phi) is 6.44. The number of likely N-dealkylation sites (N-methyl/N-ethyl adjacent to an activating group) is 1. The molecule has 1 rings (SSSR count). The summed E-state index contributed by atoms with van der Waals surface area (Å²) in [4.78, 5) is 26.1. The van der Waals surface area contributed by atoms with Crippen LogP contribution in [0.1, 0.15) is 27.0 Å². The van der Waals surface area contributed by atoms with Crippen LogP contribution in [0.4, 0.5) is 10.7 Å². The van der Waals surface area contributed by atoms with Gasteiger partial charge in [0.05, 0.1) is 19.4 Å². The van der Waals surface area contributed by atoms with Crippen molar-refractivity contribution in [1.82, 2.24) is 5.32 Å². The molecule has 0 aliphatic rings. The Morgan fingerprint density at radius 3 is 2.57 bits per heavy atom. The van der Waals surface area contributed by atoms with Crippen molar-refractivity contribution in [3.8, 4) is 0 Å². The van der Waals surface area contributed by atoms with Gasteiger partial charge in [-0.2, -0.15) is 0 Å². The number of nitrogen functional groups attached to an aromatic ring is 1. The fourth-order valence-electron chi connectivity index (χ4n) is 1.74. The monoisotopic (exact) mass is 315 g/mol. The van der Waals surface area contributed by atoms with Crippen LogP contribution in [0.5, 0.6) is 0 Å². The van der Waals surface area contributed by atoms with Gasteiger partial charge in [-0.1, -0.05) is 0 Å². The molecule has 0 fully saturated rings. The van der Waals surface area contributed by atoms with Crippen molar-refractivity contribution < 1.29 is 19.1 Å². The lowest BCUT2D eigenvalue weighted by Gasteiger charge is -2.18. The quantitative estimate of drug-likeness (QED) is 0.728. The molecule has 3 N–H and O–H groups in total. The van der Waals surface area contributed by atoms with E-state index in [0.29, 0.717) is 29.6 Å². The van der Waals surface area contributed by atoms with Crippen molar-refractivity contribution >= 4 is 33.9 Å². The first-order valence-electron chi connectivity index (χ1n) is 6.46. The SMILES string of the molecule is CCNC(=O)c1sc(N(C)CCOC)c(C(=O)OC)c1N. The van der Waals surface area contributed by atoms with Gasteiger partial charge in [0, 0.05) is 27.2 Å². The van der Waals surface area contributed by atoms with E-state index in [1.165, 1.54) is 18.4 Å². The van der Waals surface area contributed by atoms with Gasteiger partial charge in [-0.15, -0.1) is 11.3 Å². The van der Waals surface area contributed by atoms with Gasteiger partial charge in [0.2, 0.25) is 0 Å². The fourth-order valence-corrected chi connectivity index (χ4v) is 2.85. The summed E-state index contributed by atoms with van der Waals surface area (Å²) in [6.07, 6.45) is 0. The average Bonchev–Trinajstić information content (AvgIpc) is 2.82. The van der Waals surface area contributed by atoms with E-state index >= 15 is 0 Å². The van der Waals surface area contributed by atoms with Crippen LogP contribution in [-0.2, 0) is 9.47 Å². The number of thiophene rings is 1. The molecule has 7 nitrogen and oxygen atoms in total. The van der Waals surface area contributed by atoms with E-state index in [2.05, 4.69) is 5.32 Å². The number of hydrogen-bond donors (Lipinski definition) is 2. The predicted molar refractivity (Wildman–Crippen MR) is 83.2 cm³/mol. The molecule has 1 aromatic heterocycles. The van der Waals surface area contributed by atoms with Crippen molar-refractivity contribution in [1.29, 1.82) is 0 Å². The van der Waals surface area contributed by atoms with E-state index in [4.69, 9.17) is 15.2 Å². The number of amides is 1. The smallest absolute Gasteiger partial charge is 0.343 e. The van der Waals surface area contributed by atoms with Crippen LogP contribution in [0.3, 0.4) is 0 Å². The fraction of sp³-hybridized carbons (Fsp3) is 0.538. The van der Waals surface area contributed by atoms with E-state index < -0.39 is 5.97 Å². The van der Waals surface area contributed by atoms with E-state index in [9.17, 15) is 9.59 Å². The summed E-state index contributed by atoms with van der Waals surface area (Å²) in [5.41, 5.74) is 6.34. The summed E-state index contributed by atoms with van der Waals surface area (Å²) in [5, 5.41) is 3.27. The molecule has 0 aliphatic heterocycles. The zero-order valence-electron chi connectivity index (χ0n) is 12.7. The standard InChI is InChI=1S/C13H21N3O4S/c1-5-15-11(17)10-9(14)8(13(18)20-4)12(21-10)16(2)6-7-19-3/h5-7,14H2,1-4H3,(H,15,17). The van der Waals surface area contributed by atoms with Crippen LogP contribution in [0.2, 0.25) is 0 Å². The largest absolute Gasteiger partial charge is 0.465 e. The zero-order chi connectivity index (χ0) is 16.0. The van der Waals surface area contributed by atoms with Gasteiger partial charge >= 0.3 is 5.97 Å². The molecule has 1 aromatic rings. The normalized spacial score (nSPS) is 10.3. The zero-order valence-corrected chi connectivity index (χ0v) is 13.5. The molecule has 8 heteroatoms. The molecule has 21 heavy (non-hydrogen) atoms. The van der Waals surface area contributed by atoms with Crippen LogP contribution in [0.25, 0.3) is 0 Å². The second kappa shape index (κ2) is 7.84. The number of methoxy groups -OCH3 is 2. The van der Waals surface area contributed by atoms with Gasteiger partial charge in [0.15, 0.2) is 0 Å². The minimum atomic E-state index is -0.557. The maximum atomic E-state index is 12.0. The third-order valence-electron chi connectivity index (χ3n) is 2.84. The lowest BCUT2D eigenvalue weighted by Crippen LogP contribution is -2.23. The number of rotatable bonds is 7. The number of nitrogens with zero attached hydrogens (tertiary/aromatic N) is 1. The van der Waals surface area contributed by atoms with E-state index in [1.54, 1.807) is 14.2 Å². The van der Waals surface area contributed by atoms with Gasteiger partial charge in [0.25, 0.3) is 5.91 Å². The molecule has 0 atom stereocenters. The highest BCUT2D eigenvalue weighted by atomic mass is 32.1. The molecule has 0 saturated heterocycles. The summed E-state index contributed by atoms with van der Waals surface area (Å²) in [6.45, 7) is 3.35. The second-order valence-corrected chi connectivity index (χ2v) is 5.29. The van der Waals surface area contributed by atoms with E-state index in [-0.39, 0.29) is 17.2 Å². The summed E-state index contributed by atoms with van der Waals surface area (Å²) < 4.78 is 9.78. The Morgan fingerprint density at radius 2 is 2.05 bits per heavy atom. The minimum Gasteiger partial charge on any atom is -0.465 e. The molecule has 0 aliphatic carbocycles. The molecule has 0 spiro atoms. The lowest BCUT2D eigenvalue weighted by atomic mass is 10.2. The third-order valence-corrected chi connectivity index (χ3v) is 4.16. The number of ether oxygens (including phenoxy) is 2. The first kappa shape index (κ1) is 17.3. The van der Waals surface area contributed by atoms with Crippen LogP contribution in [0.15, 0.2) is 0 Å². The maximum Gasteiger partial charge on any atom is 0.343 e. The van der Waals surface area contributed by atoms with Crippen LogP contribution in [0, 0.1) is 0 Å². The van der Waals surface area contributed by atoms with Crippen molar-refractivity contribution in [2.75, 3.05) is 51.6 Å². The number of esters is 1. The Hall–Kier alpha value is -1.80. The molecule has 0 saturated carbocycles. The number of anilines is 2. The second-order valence-electron chi connectivity index (χ2n) is 4.29. The number of hydrogen-bond acceptors (Lipinski definition) is 7. The number of nitrogens with one attached hydrogen (secondary N) is 1. The molecule has 0 aromatic carbocycles. The lowest BCUT2D eigenvalue weighted by molar-refractivity contribution is 0.0603. The van der Waals surface area contributed by atoms with Gasteiger partial charge < -0.3 is 25.4 Å². The summed E-state index contributed by atoms with van der Waals surface area (Å²) >= 11 is 1.17. The highest BCUT2D eigenvalue weighted by Gasteiger charge is 2.27. The van der Waals surface area contributed by atoms with Crippen LogP contribution >= 0.6 is 11.3 Å². The minimum absolute atomic E-state index is 0.150. The number of carbonyl (C=O) groups is 2. The van der Waals surface area contributed by atoms with Crippen molar-refractivity contribution in [3.05, 3.63) is 10.4 Å². The molecule has 0 radical (unpaired) electrons. The average molecular weight is 315 g/mol. The Balaban J connectivity index is 3.24. The summed E-state index contributed by atoms with van der Waals surface area (Å²) in [5.74, 6) is -0.852. The Labute approximate surface area is 128 Å². The highest BCUT2D eigenvalue weighted by molar-refractivity contribution is 7.19.